The van der Waals surface area contributed by atoms with Crippen LogP contribution in [-0.4, -0.2) is 5.91 Å². The van der Waals surface area contributed by atoms with Crippen LogP contribution in [-0.2, 0) is 6.42 Å². The Balaban J connectivity index is 2.19. The van der Waals surface area contributed by atoms with Crippen molar-refractivity contribution < 1.29 is 26.7 Å². The Hall–Kier alpha value is -2.16. The lowest BCUT2D eigenvalue weighted by atomic mass is 10.1. The Morgan fingerprint density at radius 1 is 1.04 bits per heavy atom. The van der Waals surface area contributed by atoms with Crippen molar-refractivity contribution in [3.63, 3.8) is 0 Å². The smallest absolute Gasteiger partial charge is 0.279 e. The summed E-state index contributed by atoms with van der Waals surface area (Å²) in [6.07, 6.45) is 1.64. The van der Waals surface area contributed by atoms with Gasteiger partial charge in [-0.25, -0.2) is 22.0 Å². The van der Waals surface area contributed by atoms with Crippen molar-refractivity contribution in [2.45, 2.75) is 26.7 Å². The largest absolute Gasteiger partial charge is 0.293 e. The summed E-state index contributed by atoms with van der Waals surface area (Å²) in [5.41, 5.74) is 3.34. The van der Waals surface area contributed by atoms with Gasteiger partial charge in [0.25, 0.3) is 5.91 Å². The lowest BCUT2D eigenvalue weighted by Crippen LogP contribution is -2.30. The summed E-state index contributed by atoms with van der Waals surface area (Å²) in [5, 5.41) is 0. The third-order valence-corrected chi connectivity index (χ3v) is 4.37. The zero-order chi connectivity index (χ0) is 18.0. The van der Waals surface area contributed by atoms with Crippen LogP contribution < -0.4 is 10.9 Å². The zero-order valence-corrected chi connectivity index (χ0v) is 13.5. The van der Waals surface area contributed by atoms with E-state index in [9.17, 15) is 26.7 Å². The molecule has 3 nitrogen and oxygen atoms in total. The minimum Gasteiger partial charge on any atom is -0.293 e. The number of thiophene rings is 1. The van der Waals surface area contributed by atoms with Crippen LogP contribution in [0.1, 0.15) is 33.5 Å². The molecule has 0 saturated carbocycles. The van der Waals surface area contributed by atoms with Crippen LogP contribution in [0, 0.1) is 36.0 Å². The molecule has 0 fully saturated rings. The van der Waals surface area contributed by atoms with E-state index in [-0.39, 0.29) is 4.88 Å². The summed E-state index contributed by atoms with van der Waals surface area (Å²) in [6, 6.07) is 1.62. The number of amides is 1. The van der Waals surface area contributed by atoms with Crippen molar-refractivity contribution in [2.24, 2.45) is 0 Å². The Morgan fingerprint density at radius 3 is 2.12 bits per heavy atom. The molecule has 0 aliphatic carbocycles. The van der Waals surface area contributed by atoms with Gasteiger partial charge in [-0.2, -0.15) is 0 Å². The van der Waals surface area contributed by atoms with Crippen LogP contribution in [0.25, 0.3) is 0 Å². The second kappa shape index (κ2) is 7.16. The number of hydrazine groups is 1. The number of benzene rings is 1. The van der Waals surface area contributed by atoms with E-state index in [0.29, 0.717) is 0 Å². The maximum absolute atomic E-state index is 13.5. The van der Waals surface area contributed by atoms with Gasteiger partial charge in [0.15, 0.2) is 23.3 Å². The van der Waals surface area contributed by atoms with Crippen molar-refractivity contribution in [3.8, 4) is 0 Å². The molecule has 0 saturated heterocycles. The van der Waals surface area contributed by atoms with E-state index in [0.717, 1.165) is 23.3 Å². The van der Waals surface area contributed by atoms with Crippen LogP contribution in [0.2, 0.25) is 0 Å². The van der Waals surface area contributed by atoms with Crippen molar-refractivity contribution in [1.82, 2.24) is 5.43 Å². The molecule has 0 aliphatic rings. The molecular weight excluding hydrogens is 351 g/mol. The van der Waals surface area contributed by atoms with Gasteiger partial charge in [-0.05, 0) is 25.0 Å². The number of aryl methyl sites for hydroxylation is 2. The van der Waals surface area contributed by atoms with E-state index in [1.807, 2.05) is 19.3 Å². The van der Waals surface area contributed by atoms with Crippen LogP contribution in [0.15, 0.2) is 6.07 Å². The lowest BCUT2D eigenvalue weighted by molar-refractivity contribution is 0.0966. The molecule has 0 unspecified atom stereocenters. The van der Waals surface area contributed by atoms with Crippen molar-refractivity contribution in [3.05, 3.63) is 50.5 Å². The molecule has 2 rings (SSSR count). The first-order valence-corrected chi connectivity index (χ1v) is 7.76. The van der Waals surface area contributed by atoms with Gasteiger partial charge in [-0.15, -0.1) is 11.3 Å². The van der Waals surface area contributed by atoms with Gasteiger partial charge in [0.2, 0.25) is 5.82 Å². The average Bonchev–Trinajstić information content (AvgIpc) is 2.92. The number of hydrogen-bond acceptors (Lipinski definition) is 3. The van der Waals surface area contributed by atoms with Gasteiger partial charge in [0.1, 0.15) is 5.69 Å². The molecule has 1 aromatic carbocycles. The number of rotatable bonds is 5. The highest BCUT2D eigenvalue weighted by atomic mass is 32.1. The van der Waals surface area contributed by atoms with Gasteiger partial charge in [-0.1, -0.05) is 13.3 Å². The topological polar surface area (TPSA) is 41.1 Å². The molecule has 130 valence electrons. The second-order valence-corrected chi connectivity index (χ2v) is 6.22. The summed E-state index contributed by atoms with van der Waals surface area (Å²) in [5.74, 6) is -11.3. The first-order valence-electron chi connectivity index (χ1n) is 6.95. The first kappa shape index (κ1) is 18.2. The highest BCUT2D eigenvalue weighted by Gasteiger charge is 2.26. The van der Waals surface area contributed by atoms with E-state index in [1.165, 1.54) is 11.3 Å². The molecule has 0 bridgehead atoms. The van der Waals surface area contributed by atoms with Gasteiger partial charge in [-0.3, -0.25) is 15.6 Å². The van der Waals surface area contributed by atoms with Crippen LogP contribution in [0.4, 0.5) is 27.6 Å². The molecule has 0 atom stereocenters. The molecule has 0 aliphatic heterocycles. The summed E-state index contributed by atoms with van der Waals surface area (Å²) >= 11 is 1.17. The van der Waals surface area contributed by atoms with E-state index in [2.05, 4.69) is 0 Å². The zero-order valence-electron chi connectivity index (χ0n) is 12.7. The van der Waals surface area contributed by atoms with Gasteiger partial charge in [0, 0.05) is 4.88 Å². The highest BCUT2D eigenvalue weighted by Crippen LogP contribution is 2.27. The fourth-order valence-corrected chi connectivity index (χ4v) is 3.01. The Bertz CT molecular complexity index is 762. The summed E-state index contributed by atoms with van der Waals surface area (Å²) < 4.78 is 66.1. The van der Waals surface area contributed by atoms with E-state index < -0.39 is 40.7 Å². The second-order valence-electron chi connectivity index (χ2n) is 4.97. The third kappa shape index (κ3) is 3.35. The number of hydrogen-bond donors (Lipinski definition) is 2. The van der Waals surface area contributed by atoms with E-state index in [4.69, 9.17) is 0 Å². The number of halogens is 5. The molecule has 1 amide bonds. The normalized spacial score (nSPS) is 10.8. The first-order chi connectivity index (χ1) is 11.3. The van der Waals surface area contributed by atoms with E-state index >= 15 is 0 Å². The molecule has 2 N–H and O–H groups in total. The summed E-state index contributed by atoms with van der Waals surface area (Å²) in [6.45, 7) is 3.80. The maximum Gasteiger partial charge on any atom is 0.279 e. The van der Waals surface area contributed by atoms with Gasteiger partial charge in [0.05, 0.1) is 4.88 Å². The average molecular weight is 364 g/mol. The molecule has 1 heterocycles. The van der Waals surface area contributed by atoms with E-state index in [1.54, 1.807) is 11.5 Å². The summed E-state index contributed by atoms with van der Waals surface area (Å²) in [4.78, 5) is 13.1. The van der Waals surface area contributed by atoms with Crippen molar-refractivity contribution in [2.75, 3.05) is 5.43 Å². The van der Waals surface area contributed by atoms with Crippen LogP contribution >= 0.6 is 11.3 Å². The standard InChI is InChI=1S/C15H13F5N2OS/c1-3-4-7-5-8(24-6(7)2)15(23)22-21-14-12(19)10(17)9(16)11(18)13(14)20/h5,21H,3-4H2,1-2H3,(H,22,23). The number of carbonyl (C=O) groups is 1. The summed E-state index contributed by atoms with van der Waals surface area (Å²) in [7, 11) is 0. The SMILES string of the molecule is CCCc1cc(C(=O)NNc2c(F)c(F)c(F)c(F)c2F)sc1C. The molecule has 0 spiro atoms. The quantitative estimate of drug-likeness (QED) is 0.356. The molecular formula is C15H13F5N2OS. The minimum absolute atomic E-state index is 0.257. The fraction of sp³-hybridized carbons (Fsp3) is 0.267. The monoisotopic (exact) mass is 364 g/mol. The van der Waals surface area contributed by atoms with Crippen molar-refractivity contribution >= 4 is 22.9 Å². The minimum atomic E-state index is -2.26. The van der Waals surface area contributed by atoms with Gasteiger partial charge >= 0.3 is 0 Å². The number of carbonyl (C=O) groups excluding carboxylic acids is 1. The highest BCUT2D eigenvalue weighted by molar-refractivity contribution is 7.14. The fourth-order valence-electron chi connectivity index (χ4n) is 2.04. The van der Waals surface area contributed by atoms with Gasteiger partial charge < -0.3 is 0 Å². The molecule has 24 heavy (non-hydrogen) atoms. The maximum atomic E-state index is 13.5. The Labute approximate surface area is 138 Å². The lowest BCUT2D eigenvalue weighted by Gasteiger charge is -2.11. The number of nitrogens with one attached hydrogen (secondary N) is 2. The van der Waals surface area contributed by atoms with Crippen LogP contribution in [0.3, 0.4) is 0 Å². The molecule has 0 radical (unpaired) electrons. The number of anilines is 1. The molecule has 2 aromatic rings. The predicted molar refractivity (Wildman–Crippen MR) is 80.4 cm³/mol. The Morgan fingerprint density at radius 2 is 1.58 bits per heavy atom. The molecule has 1 aromatic heterocycles. The third-order valence-electron chi connectivity index (χ3n) is 3.27. The molecule has 9 heteroatoms. The Kier molecular flexibility index (Phi) is 5.43. The van der Waals surface area contributed by atoms with Crippen LogP contribution in [0.5, 0.6) is 0 Å². The predicted octanol–water partition coefficient (Wildman–Crippen LogP) is 4.46. The van der Waals surface area contributed by atoms with Crippen molar-refractivity contribution in [1.29, 1.82) is 0 Å².